The number of carboxylic acid groups (broad SMARTS) is 1. The molecule has 0 saturated heterocycles. The zero-order chi connectivity index (χ0) is 11.5. The highest BCUT2D eigenvalue weighted by molar-refractivity contribution is 5.87. The number of carbonyl (C=O) groups is 1. The Balaban J connectivity index is 2.17. The lowest BCUT2D eigenvalue weighted by Crippen LogP contribution is -1.98. The second kappa shape index (κ2) is 4.18. The van der Waals surface area contributed by atoms with Crippen molar-refractivity contribution in [3.05, 3.63) is 53.6 Å². The topological polar surface area (TPSA) is 55.1 Å². The van der Waals surface area contributed by atoms with Gasteiger partial charge in [-0.1, -0.05) is 6.07 Å². The molecular formula is C12H12N2O2. The van der Waals surface area contributed by atoms with E-state index in [2.05, 4.69) is 4.98 Å². The van der Waals surface area contributed by atoms with Gasteiger partial charge in [-0.05, 0) is 24.1 Å². The standard InChI is InChI=1S/C12H12N2O2/c1-9-4-10(6-13-5-9)7-14-3-2-11(8-14)12(15)16/h2-6,8H,7H2,1H3,(H,15,16). The van der Waals surface area contributed by atoms with Gasteiger partial charge < -0.3 is 9.67 Å². The molecule has 2 rings (SSSR count). The molecule has 0 atom stereocenters. The first-order chi connectivity index (χ1) is 7.65. The molecule has 82 valence electrons. The summed E-state index contributed by atoms with van der Waals surface area (Å²) >= 11 is 0. The van der Waals surface area contributed by atoms with E-state index in [0.29, 0.717) is 12.1 Å². The van der Waals surface area contributed by atoms with Crippen molar-refractivity contribution in [3.8, 4) is 0 Å². The fraction of sp³-hybridized carbons (Fsp3) is 0.167. The highest BCUT2D eigenvalue weighted by Gasteiger charge is 2.04. The van der Waals surface area contributed by atoms with Crippen LogP contribution in [0.1, 0.15) is 21.5 Å². The maximum Gasteiger partial charge on any atom is 0.337 e. The molecule has 4 nitrogen and oxygen atoms in total. The van der Waals surface area contributed by atoms with E-state index in [1.807, 2.05) is 17.6 Å². The van der Waals surface area contributed by atoms with Crippen LogP contribution in [0, 0.1) is 6.92 Å². The number of nitrogens with zero attached hydrogens (tertiary/aromatic N) is 2. The summed E-state index contributed by atoms with van der Waals surface area (Å²) in [6.07, 6.45) is 6.95. The lowest BCUT2D eigenvalue weighted by Gasteiger charge is -2.03. The number of pyridine rings is 1. The van der Waals surface area contributed by atoms with E-state index in [0.717, 1.165) is 11.1 Å². The van der Waals surface area contributed by atoms with Crippen LogP contribution in [-0.4, -0.2) is 20.6 Å². The van der Waals surface area contributed by atoms with Gasteiger partial charge in [0, 0.05) is 31.3 Å². The third kappa shape index (κ3) is 2.28. The Labute approximate surface area is 93.2 Å². The molecule has 0 aromatic carbocycles. The normalized spacial score (nSPS) is 10.3. The smallest absolute Gasteiger partial charge is 0.337 e. The van der Waals surface area contributed by atoms with Crippen molar-refractivity contribution in [1.82, 2.24) is 9.55 Å². The maximum atomic E-state index is 10.7. The van der Waals surface area contributed by atoms with Crippen molar-refractivity contribution in [1.29, 1.82) is 0 Å². The Morgan fingerprint density at radius 2 is 2.31 bits per heavy atom. The zero-order valence-corrected chi connectivity index (χ0v) is 8.92. The fourth-order valence-electron chi connectivity index (χ4n) is 1.58. The molecule has 4 heteroatoms. The van der Waals surface area contributed by atoms with Crippen LogP contribution >= 0.6 is 0 Å². The summed E-state index contributed by atoms with van der Waals surface area (Å²) < 4.78 is 1.83. The highest BCUT2D eigenvalue weighted by atomic mass is 16.4. The lowest BCUT2D eigenvalue weighted by molar-refractivity contribution is 0.0697. The zero-order valence-electron chi connectivity index (χ0n) is 8.92. The van der Waals surface area contributed by atoms with E-state index in [4.69, 9.17) is 5.11 Å². The van der Waals surface area contributed by atoms with Gasteiger partial charge in [0.15, 0.2) is 0 Å². The highest BCUT2D eigenvalue weighted by Crippen LogP contribution is 2.07. The molecule has 2 aromatic heterocycles. The molecule has 0 fully saturated rings. The molecule has 0 unspecified atom stereocenters. The van der Waals surface area contributed by atoms with E-state index in [1.165, 1.54) is 0 Å². The Morgan fingerprint density at radius 3 is 2.94 bits per heavy atom. The van der Waals surface area contributed by atoms with Gasteiger partial charge in [-0.15, -0.1) is 0 Å². The first-order valence-electron chi connectivity index (χ1n) is 4.95. The molecule has 0 amide bonds. The van der Waals surface area contributed by atoms with Gasteiger partial charge in [-0.2, -0.15) is 0 Å². The molecule has 16 heavy (non-hydrogen) atoms. The van der Waals surface area contributed by atoms with Gasteiger partial charge in [-0.3, -0.25) is 4.98 Å². The number of carboxylic acids is 1. The van der Waals surface area contributed by atoms with Gasteiger partial charge >= 0.3 is 5.97 Å². The van der Waals surface area contributed by atoms with Crippen LogP contribution in [0.3, 0.4) is 0 Å². The largest absolute Gasteiger partial charge is 0.478 e. The van der Waals surface area contributed by atoms with Crippen molar-refractivity contribution in [3.63, 3.8) is 0 Å². The van der Waals surface area contributed by atoms with Crippen LogP contribution in [0.15, 0.2) is 36.9 Å². The Morgan fingerprint density at radius 1 is 1.50 bits per heavy atom. The van der Waals surface area contributed by atoms with Gasteiger partial charge in [0.05, 0.1) is 5.56 Å². The van der Waals surface area contributed by atoms with Crippen molar-refractivity contribution in [2.75, 3.05) is 0 Å². The Hall–Kier alpha value is -2.10. The van der Waals surface area contributed by atoms with Crippen molar-refractivity contribution in [2.45, 2.75) is 13.5 Å². The van der Waals surface area contributed by atoms with Gasteiger partial charge in [-0.25, -0.2) is 4.79 Å². The maximum absolute atomic E-state index is 10.7. The predicted octanol–water partition coefficient (Wildman–Crippen LogP) is 1.94. The van der Waals surface area contributed by atoms with Crippen LogP contribution in [0.5, 0.6) is 0 Å². The average Bonchev–Trinajstić information content (AvgIpc) is 2.66. The third-order valence-electron chi connectivity index (χ3n) is 2.29. The fourth-order valence-corrected chi connectivity index (χ4v) is 1.58. The Kier molecular flexibility index (Phi) is 2.72. The van der Waals surface area contributed by atoms with Crippen LogP contribution in [0.4, 0.5) is 0 Å². The van der Waals surface area contributed by atoms with Gasteiger partial charge in [0.25, 0.3) is 0 Å². The monoisotopic (exact) mass is 216 g/mol. The molecule has 0 spiro atoms. The van der Waals surface area contributed by atoms with Crippen molar-refractivity contribution >= 4 is 5.97 Å². The summed E-state index contributed by atoms with van der Waals surface area (Å²) in [5.41, 5.74) is 2.47. The van der Waals surface area contributed by atoms with Crippen molar-refractivity contribution < 1.29 is 9.90 Å². The first-order valence-corrected chi connectivity index (χ1v) is 4.95. The number of aromatic nitrogens is 2. The summed E-state index contributed by atoms with van der Waals surface area (Å²) in [6.45, 7) is 2.62. The molecule has 2 heterocycles. The summed E-state index contributed by atoms with van der Waals surface area (Å²) in [7, 11) is 0. The summed E-state index contributed by atoms with van der Waals surface area (Å²) in [4.78, 5) is 14.8. The summed E-state index contributed by atoms with van der Waals surface area (Å²) in [5, 5.41) is 8.78. The predicted molar refractivity (Wildman–Crippen MR) is 59.5 cm³/mol. The van der Waals surface area contributed by atoms with Crippen LogP contribution in [-0.2, 0) is 6.54 Å². The minimum atomic E-state index is -0.902. The minimum Gasteiger partial charge on any atom is -0.478 e. The van der Waals surface area contributed by atoms with Gasteiger partial charge in [0.1, 0.15) is 0 Å². The molecular weight excluding hydrogens is 204 g/mol. The summed E-state index contributed by atoms with van der Waals surface area (Å²) in [6, 6.07) is 3.62. The van der Waals surface area contributed by atoms with E-state index >= 15 is 0 Å². The number of hydrogen-bond acceptors (Lipinski definition) is 2. The van der Waals surface area contributed by atoms with E-state index < -0.39 is 5.97 Å². The number of hydrogen-bond donors (Lipinski definition) is 1. The third-order valence-corrected chi connectivity index (χ3v) is 2.29. The molecule has 0 radical (unpaired) electrons. The molecule has 0 aliphatic carbocycles. The molecule has 2 aromatic rings. The number of rotatable bonds is 3. The van der Waals surface area contributed by atoms with Crippen LogP contribution in [0.25, 0.3) is 0 Å². The molecule has 1 N–H and O–H groups in total. The van der Waals surface area contributed by atoms with E-state index in [9.17, 15) is 4.79 Å². The SMILES string of the molecule is Cc1cncc(Cn2ccc(C(=O)O)c2)c1. The second-order valence-corrected chi connectivity index (χ2v) is 3.75. The first kappa shape index (κ1) is 10.4. The molecule has 0 aliphatic heterocycles. The van der Waals surface area contributed by atoms with Gasteiger partial charge in [0.2, 0.25) is 0 Å². The molecule has 0 aliphatic rings. The van der Waals surface area contributed by atoms with Crippen LogP contribution < -0.4 is 0 Å². The van der Waals surface area contributed by atoms with E-state index in [-0.39, 0.29) is 0 Å². The van der Waals surface area contributed by atoms with E-state index in [1.54, 1.807) is 30.9 Å². The molecule has 0 bridgehead atoms. The number of aryl methyl sites for hydroxylation is 1. The number of aromatic carboxylic acids is 1. The summed E-state index contributed by atoms with van der Waals surface area (Å²) in [5.74, 6) is -0.902. The van der Waals surface area contributed by atoms with Crippen molar-refractivity contribution in [2.24, 2.45) is 0 Å². The Bertz CT molecular complexity index is 517. The minimum absolute atomic E-state index is 0.306. The van der Waals surface area contributed by atoms with Crippen LogP contribution in [0.2, 0.25) is 0 Å². The lowest BCUT2D eigenvalue weighted by atomic mass is 10.2. The second-order valence-electron chi connectivity index (χ2n) is 3.75. The average molecular weight is 216 g/mol. The molecule has 0 saturated carbocycles. The quantitative estimate of drug-likeness (QED) is 0.853.